The van der Waals surface area contributed by atoms with Gasteiger partial charge in [-0.05, 0) is 65.9 Å². The summed E-state index contributed by atoms with van der Waals surface area (Å²) >= 11 is 3.31. The van der Waals surface area contributed by atoms with Crippen LogP contribution in [0.1, 0.15) is 89.3 Å². The Hall–Kier alpha value is -3.23. The van der Waals surface area contributed by atoms with E-state index in [0.29, 0.717) is 6.61 Å². The number of carboxylic acid groups (broad SMARTS) is 1. The van der Waals surface area contributed by atoms with E-state index >= 15 is 0 Å². The Morgan fingerprint density at radius 1 is 0.932 bits per heavy atom. The summed E-state index contributed by atoms with van der Waals surface area (Å²) in [6.45, 7) is 11.3. The van der Waals surface area contributed by atoms with E-state index in [4.69, 9.17) is 4.74 Å². The summed E-state index contributed by atoms with van der Waals surface area (Å²) in [5.41, 5.74) is 4.38. The molecule has 0 radical (unpaired) electrons. The summed E-state index contributed by atoms with van der Waals surface area (Å²) in [7, 11) is 2.01. The van der Waals surface area contributed by atoms with Gasteiger partial charge in [0, 0.05) is 33.7 Å². The summed E-state index contributed by atoms with van der Waals surface area (Å²) in [6, 6.07) is 22.8. The minimum Gasteiger partial charge on any atom is -0.493 e. The largest absolute Gasteiger partial charge is 0.493 e. The highest BCUT2D eigenvalue weighted by Gasteiger charge is 2.17. The smallest absolute Gasteiger partial charge is 0.310 e. The van der Waals surface area contributed by atoms with Crippen LogP contribution in [0.25, 0.3) is 11.4 Å². The molecule has 1 heterocycles. The van der Waals surface area contributed by atoms with Crippen LogP contribution < -0.4 is 4.74 Å². The number of hydrogen-bond acceptors (Lipinski definition) is 6. The van der Waals surface area contributed by atoms with Gasteiger partial charge in [-0.1, -0.05) is 95.8 Å². The lowest BCUT2D eigenvalue weighted by atomic mass is 9.87. The van der Waals surface area contributed by atoms with Crippen molar-refractivity contribution in [3.8, 4) is 17.1 Å². The average molecular weight is 632 g/mol. The fourth-order valence-electron chi connectivity index (χ4n) is 4.78. The number of carboxylic acids is 1. The second-order valence-corrected chi connectivity index (χ2v) is 14.3. The van der Waals surface area contributed by atoms with Gasteiger partial charge in [-0.3, -0.25) is 4.79 Å². The van der Waals surface area contributed by atoms with E-state index in [-0.39, 0.29) is 5.41 Å². The Morgan fingerprint density at radius 2 is 1.61 bits per heavy atom. The Morgan fingerprint density at radius 3 is 2.27 bits per heavy atom. The number of carbonyl (C=O) groups is 1. The van der Waals surface area contributed by atoms with Crippen LogP contribution in [0.4, 0.5) is 0 Å². The van der Waals surface area contributed by atoms with Gasteiger partial charge in [0.1, 0.15) is 5.75 Å². The molecule has 0 amide bonds. The van der Waals surface area contributed by atoms with Crippen molar-refractivity contribution in [1.29, 1.82) is 0 Å². The van der Waals surface area contributed by atoms with Gasteiger partial charge < -0.3 is 14.4 Å². The number of unbranched alkanes of at least 4 members (excludes halogenated alkanes) is 4. The first-order chi connectivity index (χ1) is 21.1. The maximum atomic E-state index is 11.3. The molecule has 6 nitrogen and oxygen atoms in total. The van der Waals surface area contributed by atoms with E-state index in [2.05, 4.69) is 80.4 Å². The van der Waals surface area contributed by atoms with Crippen LogP contribution in [0.15, 0.2) is 81.7 Å². The summed E-state index contributed by atoms with van der Waals surface area (Å²) in [5, 5.41) is 19.2. The monoisotopic (exact) mass is 631 g/mol. The van der Waals surface area contributed by atoms with E-state index in [1.165, 1.54) is 31.2 Å². The molecule has 234 valence electrons. The van der Waals surface area contributed by atoms with Gasteiger partial charge in [0.25, 0.3) is 0 Å². The Bertz CT molecular complexity index is 1510. The van der Waals surface area contributed by atoms with Gasteiger partial charge in [0.2, 0.25) is 0 Å². The second kappa shape index (κ2) is 15.7. The molecule has 0 aliphatic carbocycles. The highest BCUT2D eigenvalue weighted by Crippen LogP contribution is 2.36. The van der Waals surface area contributed by atoms with Crippen molar-refractivity contribution in [1.82, 2.24) is 14.8 Å². The van der Waals surface area contributed by atoms with Crippen LogP contribution in [0.5, 0.6) is 5.75 Å². The lowest BCUT2D eigenvalue weighted by molar-refractivity contribution is -0.138. The molecule has 0 saturated heterocycles. The zero-order chi connectivity index (χ0) is 31.7. The molecule has 3 aromatic carbocycles. The van der Waals surface area contributed by atoms with Crippen LogP contribution in [0.3, 0.4) is 0 Å². The van der Waals surface area contributed by atoms with E-state index in [1.54, 1.807) is 30.4 Å². The molecule has 0 aliphatic rings. The van der Waals surface area contributed by atoms with Gasteiger partial charge in [-0.25, -0.2) is 0 Å². The average Bonchev–Trinajstić information content (AvgIpc) is 3.37. The number of thioether (sulfide) groups is 1. The van der Waals surface area contributed by atoms with Crippen LogP contribution in [-0.4, -0.2) is 32.4 Å². The van der Waals surface area contributed by atoms with Gasteiger partial charge in [0.15, 0.2) is 11.0 Å². The molecule has 4 rings (SSSR count). The summed E-state index contributed by atoms with van der Waals surface area (Å²) in [4.78, 5) is 13.5. The van der Waals surface area contributed by atoms with Crippen molar-refractivity contribution in [3.05, 3.63) is 83.4 Å². The zero-order valence-electron chi connectivity index (χ0n) is 26.8. The minimum absolute atomic E-state index is 0.102. The highest BCUT2D eigenvalue weighted by molar-refractivity contribution is 7.99. The maximum Gasteiger partial charge on any atom is 0.310 e. The normalized spacial score (nSPS) is 12.3. The van der Waals surface area contributed by atoms with E-state index in [0.717, 1.165) is 55.4 Å². The molecule has 0 saturated carbocycles. The number of aliphatic carboxylic acids is 1. The molecule has 1 N–H and O–H groups in total. The second-order valence-electron chi connectivity index (χ2n) is 12.2. The van der Waals surface area contributed by atoms with E-state index in [9.17, 15) is 9.90 Å². The first-order valence-electron chi connectivity index (χ1n) is 15.5. The van der Waals surface area contributed by atoms with Crippen molar-refractivity contribution in [2.75, 3.05) is 6.61 Å². The first kappa shape index (κ1) is 33.7. The SMILES string of the molecule is CCCCCCCOc1cc(Sc2nnc(-c3ccc(C(C)(C)C)cc3)n2C)ccc1CSc1ccc(C(C)C(=O)O)cc1. The van der Waals surface area contributed by atoms with Crippen LogP contribution in [0, 0.1) is 0 Å². The molecule has 0 aliphatic heterocycles. The van der Waals surface area contributed by atoms with Crippen molar-refractivity contribution in [2.24, 2.45) is 7.05 Å². The maximum absolute atomic E-state index is 11.3. The molecule has 0 bridgehead atoms. The Balaban J connectivity index is 1.48. The lowest BCUT2D eigenvalue weighted by Crippen LogP contribution is -2.10. The summed E-state index contributed by atoms with van der Waals surface area (Å²) in [5.74, 6) is 1.16. The van der Waals surface area contributed by atoms with E-state index < -0.39 is 11.9 Å². The summed E-state index contributed by atoms with van der Waals surface area (Å²) < 4.78 is 8.41. The molecule has 4 aromatic rings. The standard InChI is InChI=1S/C36H45N3O3S2/c1-7-8-9-10-11-22-42-32-23-31(21-16-28(32)24-43-30-19-14-26(15-20-30)25(2)34(40)41)44-35-38-37-33(39(35)6)27-12-17-29(18-13-27)36(3,4)5/h12-21,23,25H,7-11,22,24H2,1-6H3,(H,40,41). The summed E-state index contributed by atoms with van der Waals surface area (Å²) in [6.07, 6.45) is 5.93. The Kier molecular flexibility index (Phi) is 12.0. The molecule has 0 fully saturated rings. The number of hydrogen-bond donors (Lipinski definition) is 1. The Labute approximate surface area is 271 Å². The molecule has 1 atom stereocenters. The van der Waals surface area contributed by atoms with Gasteiger partial charge in [0.05, 0.1) is 12.5 Å². The van der Waals surface area contributed by atoms with Crippen molar-refractivity contribution >= 4 is 29.5 Å². The molecular formula is C36H45N3O3S2. The van der Waals surface area contributed by atoms with Crippen LogP contribution in [-0.2, 0) is 23.0 Å². The topological polar surface area (TPSA) is 77.2 Å². The number of ether oxygens (including phenoxy) is 1. The van der Waals surface area contributed by atoms with Gasteiger partial charge >= 0.3 is 5.97 Å². The van der Waals surface area contributed by atoms with Crippen LogP contribution >= 0.6 is 23.5 Å². The molecule has 1 aromatic heterocycles. The highest BCUT2D eigenvalue weighted by atomic mass is 32.2. The molecule has 8 heteroatoms. The number of aromatic nitrogens is 3. The molecule has 0 spiro atoms. The van der Waals surface area contributed by atoms with Gasteiger partial charge in [-0.15, -0.1) is 22.0 Å². The molecular weight excluding hydrogens is 587 g/mol. The third kappa shape index (κ3) is 9.14. The fourth-order valence-corrected chi connectivity index (χ4v) is 6.48. The first-order valence-corrected chi connectivity index (χ1v) is 17.3. The predicted molar refractivity (Wildman–Crippen MR) is 182 cm³/mol. The fraction of sp³-hybridized carbons (Fsp3) is 0.417. The minimum atomic E-state index is -0.813. The van der Waals surface area contributed by atoms with E-state index in [1.807, 2.05) is 35.9 Å². The number of nitrogens with zero attached hydrogens (tertiary/aromatic N) is 3. The number of rotatable bonds is 15. The van der Waals surface area contributed by atoms with Crippen molar-refractivity contribution in [2.45, 2.75) is 98.8 Å². The third-order valence-corrected chi connectivity index (χ3v) is 9.83. The number of benzene rings is 3. The van der Waals surface area contributed by atoms with Crippen LogP contribution in [0.2, 0.25) is 0 Å². The molecule has 44 heavy (non-hydrogen) atoms. The van der Waals surface area contributed by atoms with Crippen molar-refractivity contribution < 1.29 is 14.6 Å². The third-order valence-electron chi connectivity index (χ3n) is 7.74. The predicted octanol–water partition coefficient (Wildman–Crippen LogP) is 9.76. The van der Waals surface area contributed by atoms with Gasteiger partial charge in [-0.2, -0.15) is 0 Å². The lowest BCUT2D eigenvalue weighted by Gasteiger charge is -2.19. The zero-order valence-corrected chi connectivity index (χ0v) is 28.4. The molecule has 1 unspecified atom stereocenters. The quantitative estimate of drug-likeness (QED) is 0.103. The van der Waals surface area contributed by atoms with Crippen molar-refractivity contribution in [3.63, 3.8) is 0 Å².